The van der Waals surface area contributed by atoms with Crippen molar-refractivity contribution in [1.29, 1.82) is 0 Å². The molecule has 1 N–H and O–H groups in total. The van der Waals surface area contributed by atoms with E-state index >= 15 is 0 Å². The molecule has 1 unspecified atom stereocenters. The van der Waals surface area contributed by atoms with Crippen LogP contribution in [0.15, 0.2) is 48.5 Å². The van der Waals surface area contributed by atoms with E-state index in [0.29, 0.717) is 12.1 Å². The number of hydrogen-bond donors (Lipinski definition) is 1. The van der Waals surface area contributed by atoms with Crippen molar-refractivity contribution in [3.05, 3.63) is 65.2 Å². The number of aryl methyl sites for hydroxylation is 2. The minimum absolute atomic E-state index is 0.204. The van der Waals surface area contributed by atoms with E-state index in [1.165, 1.54) is 11.9 Å². The summed E-state index contributed by atoms with van der Waals surface area (Å²) >= 11 is 0. The van der Waals surface area contributed by atoms with Crippen LogP contribution in [0.1, 0.15) is 30.0 Å². The van der Waals surface area contributed by atoms with Gasteiger partial charge in [-0.15, -0.1) is 0 Å². The third kappa shape index (κ3) is 6.30. The molecule has 0 bridgehead atoms. The number of likely N-dealkylation sites (N-methyl/N-ethyl adjacent to an activating group) is 1. The Morgan fingerprint density at radius 1 is 1.06 bits per heavy atom. The first-order chi connectivity index (χ1) is 14.6. The summed E-state index contributed by atoms with van der Waals surface area (Å²) in [5, 5.41) is 2.60. The molecule has 0 aliphatic heterocycles. The summed E-state index contributed by atoms with van der Waals surface area (Å²) in [6.07, 6.45) is 1.49. The zero-order valence-corrected chi connectivity index (χ0v) is 19.6. The molecule has 0 spiro atoms. The zero-order valence-electron chi connectivity index (χ0n) is 18.8. The predicted molar refractivity (Wildman–Crippen MR) is 123 cm³/mol. The molecule has 2 rings (SSSR count). The Balaban J connectivity index is 2.45. The lowest BCUT2D eigenvalue weighted by Gasteiger charge is -2.33. The van der Waals surface area contributed by atoms with Crippen LogP contribution in [-0.4, -0.2) is 51.0 Å². The van der Waals surface area contributed by atoms with Crippen LogP contribution in [-0.2, 0) is 26.2 Å². The summed E-state index contributed by atoms with van der Waals surface area (Å²) in [5.74, 6) is -0.727. The van der Waals surface area contributed by atoms with Crippen LogP contribution < -0.4 is 9.62 Å². The Morgan fingerprint density at radius 3 is 2.26 bits per heavy atom. The summed E-state index contributed by atoms with van der Waals surface area (Å²) in [5.41, 5.74) is 2.95. The molecule has 8 heteroatoms. The number of carbonyl (C=O) groups is 2. The van der Waals surface area contributed by atoms with Gasteiger partial charge in [-0.3, -0.25) is 13.9 Å². The van der Waals surface area contributed by atoms with Crippen LogP contribution in [0, 0.1) is 13.8 Å². The van der Waals surface area contributed by atoms with Gasteiger partial charge in [-0.2, -0.15) is 0 Å². The fourth-order valence-electron chi connectivity index (χ4n) is 3.45. The highest BCUT2D eigenvalue weighted by Crippen LogP contribution is 2.24. The maximum absolute atomic E-state index is 13.4. The zero-order chi connectivity index (χ0) is 23.2. The van der Waals surface area contributed by atoms with Crippen molar-refractivity contribution in [2.75, 3.05) is 24.2 Å². The standard InChI is InChI=1S/C23H31N3O4S/c1-6-20(23(28)24-4)25(15-19-10-8-7-9-11-19)22(27)16-26(31(5,29)30)21-14-17(2)12-13-18(21)3/h7-14,20H,6,15-16H2,1-5H3,(H,24,28). The average molecular weight is 446 g/mol. The molecule has 2 amide bonds. The molecule has 0 aliphatic carbocycles. The number of amides is 2. The second kappa shape index (κ2) is 10.4. The molecule has 0 heterocycles. The van der Waals surface area contributed by atoms with Gasteiger partial charge in [0, 0.05) is 13.6 Å². The minimum Gasteiger partial charge on any atom is -0.357 e. The molecule has 2 aromatic rings. The number of nitrogens with one attached hydrogen (secondary N) is 1. The first-order valence-corrected chi connectivity index (χ1v) is 12.0. The quantitative estimate of drug-likeness (QED) is 0.643. The summed E-state index contributed by atoms with van der Waals surface area (Å²) < 4.78 is 26.4. The van der Waals surface area contributed by atoms with E-state index in [1.54, 1.807) is 13.0 Å². The monoisotopic (exact) mass is 445 g/mol. The van der Waals surface area contributed by atoms with Crippen molar-refractivity contribution < 1.29 is 18.0 Å². The van der Waals surface area contributed by atoms with Crippen LogP contribution in [0.5, 0.6) is 0 Å². The number of rotatable bonds is 9. The van der Waals surface area contributed by atoms with Crippen molar-refractivity contribution in [2.45, 2.75) is 39.8 Å². The molecule has 1 atom stereocenters. The van der Waals surface area contributed by atoms with Gasteiger partial charge in [-0.05, 0) is 43.0 Å². The summed E-state index contributed by atoms with van der Waals surface area (Å²) in [4.78, 5) is 27.4. The molecule has 7 nitrogen and oxygen atoms in total. The van der Waals surface area contributed by atoms with Crippen LogP contribution in [0.2, 0.25) is 0 Å². The summed E-state index contributed by atoms with van der Waals surface area (Å²) in [6, 6.07) is 14.1. The lowest BCUT2D eigenvalue weighted by atomic mass is 10.1. The molecule has 0 radical (unpaired) electrons. The molecule has 0 aliphatic rings. The SMILES string of the molecule is CCC(C(=O)NC)N(Cc1ccccc1)C(=O)CN(c1cc(C)ccc1C)S(C)(=O)=O. The van der Waals surface area contributed by atoms with Gasteiger partial charge < -0.3 is 10.2 Å². The Hall–Kier alpha value is -2.87. The number of nitrogens with zero attached hydrogens (tertiary/aromatic N) is 2. The Labute approximate surface area is 185 Å². The first kappa shape index (κ1) is 24.4. The van der Waals surface area contributed by atoms with Crippen molar-refractivity contribution >= 4 is 27.5 Å². The lowest BCUT2D eigenvalue weighted by molar-refractivity contribution is -0.140. The second-order valence-electron chi connectivity index (χ2n) is 7.61. The van der Waals surface area contributed by atoms with Crippen LogP contribution in [0.3, 0.4) is 0 Å². The van der Waals surface area contributed by atoms with E-state index in [4.69, 9.17) is 0 Å². The van der Waals surface area contributed by atoms with Gasteiger partial charge in [0.15, 0.2) is 0 Å². The highest BCUT2D eigenvalue weighted by molar-refractivity contribution is 7.92. The molecule has 168 valence electrons. The molecule has 2 aromatic carbocycles. The fraction of sp³-hybridized carbons (Fsp3) is 0.391. The van der Waals surface area contributed by atoms with Gasteiger partial charge >= 0.3 is 0 Å². The molecular weight excluding hydrogens is 414 g/mol. The number of anilines is 1. The lowest BCUT2D eigenvalue weighted by Crippen LogP contribution is -2.51. The Bertz CT molecular complexity index is 1020. The van der Waals surface area contributed by atoms with Gasteiger partial charge in [0.05, 0.1) is 11.9 Å². The number of hydrogen-bond acceptors (Lipinski definition) is 4. The van der Waals surface area contributed by atoms with E-state index < -0.39 is 22.0 Å². The van der Waals surface area contributed by atoms with E-state index in [2.05, 4.69) is 5.32 Å². The van der Waals surface area contributed by atoms with E-state index in [9.17, 15) is 18.0 Å². The van der Waals surface area contributed by atoms with E-state index in [-0.39, 0.29) is 19.0 Å². The van der Waals surface area contributed by atoms with Crippen LogP contribution in [0.4, 0.5) is 5.69 Å². The molecular formula is C23H31N3O4S. The normalized spacial score (nSPS) is 12.2. The third-order valence-electron chi connectivity index (χ3n) is 5.14. The predicted octanol–water partition coefficient (Wildman–Crippen LogP) is 2.62. The number of sulfonamides is 1. The first-order valence-electron chi connectivity index (χ1n) is 10.2. The van der Waals surface area contributed by atoms with Gasteiger partial charge in [-0.25, -0.2) is 8.42 Å². The van der Waals surface area contributed by atoms with Crippen LogP contribution >= 0.6 is 0 Å². The molecule has 0 saturated carbocycles. The maximum Gasteiger partial charge on any atom is 0.244 e. The van der Waals surface area contributed by atoms with Gasteiger partial charge in [-0.1, -0.05) is 49.4 Å². The summed E-state index contributed by atoms with van der Waals surface area (Å²) in [6.45, 7) is 5.31. The van der Waals surface area contributed by atoms with E-state index in [0.717, 1.165) is 27.3 Å². The van der Waals surface area contributed by atoms with Crippen molar-refractivity contribution in [1.82, 2.24) is 10.2 Å². The van der Waals surface area contributed by atoms with Crippen molar-refractivity contribution in [3.63, 3.8) is 0 Å². The maximum atomic E-state index is 13.4. The molecule has 0 saturated heterocycles. The average Bonchev–Trinajstić information content (AvgIpc) is 2.73. The fourth-order valence-corrected chi connectivity index (χ4v) is 4.35. The highest BCUT2D eigenvalue weighted by Gasteiger charge is 2.31. The molecule has 31 heavy (non-hydrogen) atoms. The minimum atomic E-state index is -3.73. The van der Waals surface area contributed by atoms with E-state index in [1.807, 2.05) is 56.3 Å². The highest BCUT2D eigenvalue weighted by atomic mass is 32.2. The van der Waals surface area contributed by atoms with Gasteiger partial charge in [0.1, 0.15) is 12.6 Å². The number of carbonyl (C=O) groups excluding carboxylic acids is 2. The molecule has 0 aromatic heterocycles. The topological polar surface area (TPSA) is 86.8 Å². The van der Waals surface area contributed by atoms with Crippen molar-refractivity contribution in [2.24, 2.45) is 0 Å². The third-order valence-corrected chi connectivity index (χ3v) is 6.27. The van der Waals surface area contributed by atoms with Gasteiger partial charge in [0.25, 0.3) is 0 Å². The Kier molecular flexibility index (Phi) is 8.21. The number of benzene rings is 2. The smallest absolute Gasteiger partial charge is 0.244 e. The second-order valence-corrected chi connectivity index (χ2v) is 9.51. The summed E-state index contributed by atoms with van der Waals surface area (Å²) in [7, 11) is -2.21. The van der Waals surface area contributed by atoms with Crippen molar-refractivity contribution in [3.8, 4) is 0 Å². The van der Waals surface area contributed by atoms with Gasteiger partial charge in [0.2, 0.25) is 21.8 Å². The largest absolute Gasteiger partial charge is 0.357 e. The molecule has 0 fully saturated rings. The Morgan fingerprint density at radius 2 is 1.71 bits per heavy atom. The van der Waals surface area contributed by atoms with Crippen LogP contribution in [0.25, 0.3) is 0 Å².